The molecule has 0 spiro atoms. The first-order valence-electron chi connectivity index (χ1n) is 5.78. The van der Waals surface area contributed by atoms with Crippen LogP contribution in [0.15, 0.2) is 12.3 Å². The van der Waals surface area contributed by atoms with E-state index in [4.69, 9.17) is 10.00 Å². The molecule has 0 unspecified atom stereocenters. The van der Waals surface area contributed by atoms with Gasteiger partial charge in [-0.25, -0.2) is 4.98 Å². The molecule has 0 aliphatic heterocycles. The van der Waals surface area contributed by atoms with Crippen molar-refractivity contribution in [2.24, 2.45) is 0 Å². The van der Waals surface area contributed by atoms with Gasteiger partial charge in [0.05, 0.1) is 0 Å². The van der Waals surface area contributed by atoms with Gasteiger partial charge >= 0.3 is 6.01 Å². The van der Waals surface area contributed by atoms with E-state index in [1.807, 2.05) is 6.07 Å². The Labute approximate surface area is 95.3 Å². The van der Waals surface area contributed by atoms with E-state index in [0.29, 0.717) is 11.7 Å². The van der Waals surface area contributed by atoms with Gasteiger partial charge in [0.2, 0.25) is 0 Å². The van der Waals surface area contributed by atoms with Gasteiger partial charge in [0.1, 0.15) is 17.9 Å². The Hall–Kier alpha value is -1.63. The van der Waals surface area contributed by atoms with E-state index in [-0.39, 0.29) is 6.10 Å². The van der Waals surface area contributed by atoms with Crippen molar-refractivity contribution in [1.82, 2.24) is 9.97 Å². The van der Waals surface area contributed by atoms with Crippen LogP contribution in [0.25, 0.3) is 0 Å². The molecule has 0 N–H and O–H groups in total. The molecule has 16 heavy (non-hydrogen) atoms. The maximum Gasteiger partial charge on any atom is 0.317 e. The summed E-state index contributed by atoms with van der Waals surface area (Å²) >= 11 is 0. The van der Waals surface area contributed by atoms with Crippen molar-refractivity contribution >= 4 is 0 Å². The fourth-order valence-electron chi connectivity index (χ4n) is 1.97. The number of nitrogens with zero attached hydrogens (tertiary/aromatic N) is 3. The van der Waals surface area contributed by atoms with Crippen LogP contribution in [0.5, 0.6) is 6.01 Å². The summed E-state index contributed by atoms with van der Waals surface area (Å²) in [6.07, 6.45) is 8.93. The fourth-order valence-corrected chi connectivity index (χ4v) is 1.97. The molecule has 1 heterocycles. The smallest absolute Gasteiger partial charge is 0.317 e. The average molecular weight is 217 g/mol. The van der Waals surface area contributed by atoms with Crippen molar-refractivity contribution in [3.8, 4) is 12.1 Å². The molecule has 1 aliphatic carbocycles. The zero-order valence-corrected chi connectivity index (χ0v) is 9.22. The third kappa shape index (κ3) is 2.93. The molecule has 2 rings (SSSR count). The summed E-state index contributed by atoms with van der Waals surface area (Å²) in [6.45, 7) is 0. The average Bonchev–Trinajstić information content (AvgIpc) is 2.58. The molecule has 0 amide bonds. The van der Waals surface area contributed by atoms with Crippen LogP contribution in [0.1, 0.15) is 44.2 Å². The zero-order chi connectivity index (χ0) is 11.2. The summed E-state index contributed by atoms with van der Waals surface area (Å²) in [7, 11) is 0. The van der Waals surface area contributed by atoms with E-state index >= 15 is 0 Å². The highest BCUT2D eigenvalue weighted by molar-refractivity contribution is 5.19. The van der Waals surface area contributed by atoms with Crippen molar-refractivity contribution in [3.63, 3.8) is 0 Å². The standard InChI is InChI=1S/C12H15N3O/c13-9-10-7-8-14-12(15-10)16-11-5-3-1-2-4-6-11/h7-8,11H,1-6H2. The highest BCUT2D eigenvalue weighted by Crippen LogP contribution is 2.20. The van der Waals surface area contributed by atoms with Gasteiger partial charge in [-0.3, -0.25) is 0 Å². The van der Waals surface area contributed by atoms with Crippen molar-refractivity contribution in [2.75, 3.05) is 0 Å². The molecular formula is C12H15N3O. The lowest BCUT2D eigenvalue weighted by Gasteiger charge is -2.14. The molecule has 1 aromatic heterocycles. The van der Waals surface area contributed by atoms with Gasteiger partial charge in [-0.2, -0.15) is 10.2 Å². The Morgan fingerprint density at radius 2 is 2.00 bits per heavy atom. The molecule has 0 radical (unpaired) electrons. The van der Waals surface area contributed by atoms with Crippen LogP contribution in [-0.4, -0.2) is 16.1 Å². The molecular weight excluding hydrogens is 202 g/mol. The quantitative estimate of drug-likeness (QED) is 0.714. The highest BCUT2D eigenvalue weighted by atomic mass is 16.5. The van der Waals surface area contributed by atoms with Gasteiger partial charge in [0.15, 0.2) is 0 Å². The zero-order valence-electron chi connectivity index (χ0n) is 9.22. The second-order valence-corrected chi connectivity index (χ2v) is 4.07. The molecule has 0 saturated heterocycles. The minimum absolute atomic E-state index is 0.219. The number of ether oxygens (including phenoxy) is 1. The van der Waals surface area contributed by atoms with Crippen molar-refractivity contribution in [3.05, 3.63) is 18.0 Å². The van der Waals surface area contributed by atoms with Gasteiger partial charge in [0.25, 0.3) is 0 Å². The summed E-state index contributed by atoms with van der Waals surface area (Å²) in [5.41, 5.74) is 0.360. The SMILES string of the molecule is N#Cc1ccnc(OC2CCCCCC2)n1. The predicted molar refractivity (Wildman–Crippen MR) is 58.9 cm³/mol. The third-order valence-electron chi connectivity index (χ3n) is 2.82. The van der Waals surface area contributed by atoms with Gasteiger partial charge in [-0.05, 0) is 31.7 Å². The van der Waals surface area contributed by atoms with Gasteiger partial charge in [-0.15, -0.1) is 0 Å². The lowest BCUT2D eigenvalue weighted by atomic mass is 10.2. The Morgan fingerprint density at radius 1 is 1.25 bits per heavy atom. The Morgan fingerprint density at radius 3 is 2.69 bits per heavy atom. The highest BCUT2D eigenvalue weighted by Gasteiger charge is 2.14. The maximum atomic E-state index is 8.72. The van der Waals surface area contributed by atoms with Crippen molar-refractivity contribution in [1.29, 1.82) is 5.26 Å². The molecule has 1 saturated carbocycles. The molecule has 84 valence electrons. The van der Waals surface area contributed by atoms with Crippen LogP contribution >= 0.6 is 0 Å². The molecule has 1 aliphatic rings. The maximum absolute atomic E-state index is 8.72. The Kier molecular flexibility index (Phi) is 3.71. The van der Waals surface area contributed by atoms with E-state index < -0.39 is 0 Å². The predicted octanol–water partition coefficient (Wildman–Crippen LogP) is 2.45. The summed E-state index contributed by atoms with van der Waals surface area (Å²) in [5, 5.41) is 8.72. The minimum Gasteiger partial charge on any atom is -0.460 e. The first-order valence-corrected chi connectivity index (χ1v) is 5.78. The largest absolute Gasteiger partial charge is 0.460 e. The summed E-state index contributed by atoms with van der Waals surface area (Å²) in [4.78, 5) is 8.05. The number of nitriles is 1. The molecule has 4 heteroatoms. The summed E-state index contributed by atoms with van der Waals surface area (Å²) in [6, 6.07) is 3.91. The topological polar surface area (TPSA) is 58.8 Å². The second-order valence-electron chi connectivity index (χ2n) is 4.07. The van der Waals surface area contributed by atoms with Crippen molar-refractivity contribution in [2.45, 2.75) is 44.6 Å². The number of rotatable bonds is 2. The van der Waals surface area contributed by atoms with E-state index in [1.165, 1.54) is 25.7 Å². The lowest BCUT2D eigenvalue weighted by Crippen LogP contribution is -2.16. The van der Waals surface area contributed by atoms with Crippen LogP contribution in [0.3, 0.4) is 0 Å². The van der Waals surface area contributed by atoms with Crippen molar-refractivity contribution < 1.29 is 4.74 Å². The molecule has 0 atom stereocenters. The van der Waals surface area contributed by atoms with Crippen LogP contribution in [0.2, 0.25) is 0 Å². The summed E-state index contributed by atoms with van der Waals surface area (Å²) < 4.78 is 5.70. The van der Waals surface area contributed by atoms with Gasteiger partial charge in [-0.1, -0.05) is 12.8 Å². The summed E-state index contributed by atoms with van der Waals surface area (Å²) in [5.74, 6) is 0. The monoisotopic (exact) mass is 217 g/mol. The Balaban J connectivity index is 1.99. The first kappa shape index (κ1) is 10.9. The van der Waals surface area contributed by atoms with Crippen LogP contribution in [-0.2, 0) is 0 Å². The first-order chi connectivity index (χ1) is 7.88. The molecule has 0 aromatic carbocycles. The number of hydrogen-bond donors (Lipinski definition) is 0. The van der Waals surface area contributed by atoms with E-state index in [1.54, 1.807) is 12.3 Å². The van der Waals surface area contributed by atoms with Crippen LogP contribution < -0.4 is 4.74 Å². The molecule has 0 bridgehead atoms. The van der Waals surface area contributed by atoms with Gasteiger partial charge in [0, 0.05) is 6.20 Å². The lowest BCUT2D eigenvalue weighted by molar-refractivity contribution is 0.168. The molecule has 4 nitrogen and oxygen atoms in total. The minimum atomic E-state index is 0.219. The second kappa shape index (κ2) is 5.45. The fraction of sp³-hybridized carbons (Fsp3) is 0.583. The van der Waals surface area contributed by atoms with E-state index in [0.717, 1.165) is 12.8 Å². The normalized spacial score (nSPS) is 17.4. The van der Waals surface area contributed by atoms with Gasteiger partial charge < -0.3 is 4.74 Å². The van der Waals surface area contributed by atoms with E-state index in [2.05, 4.69) is 9.97 Å². The molecule has 1 aromatic rings. The molecule has 1 fully saturated rings. The number of aromatic nitrogens is 2. The number of hydrogen-bond acceptors (Lipinski definition) is 4. The van der Waals surface area contributed by atoms with E-state index in [9.17, 15) is 0 Å². The third-order valence-corrected chi connectivity index (χ3v) is 2.82. The van der Waals surface area contributed by atoms with Crippen LogP contribution in [0, 0.1) is 11.3 Å². The Bertz CT molecular complexity index is 378. The van der Waals surface area contributed by atoms with Crippen LogP contribution in [0.4, 0.5) is 0 Å².